The van der Waals surface area contributed by atoms with Gasteiger partial charge in [0.25, 0.3) is 0 Å². The highest BCUT2D eigenvalue weighted by molar-refractivity contribution is 5.91. The van der Waals surface area contributed by atoms with Crippen LogP contribution in [-0.2, 0) is 9.53 Å². The van der Waals surface area contributed by atoms with Crippen LogP contribution >= 0.6 is 0 Å². The van der Waals surface area contributed by atoms with Gasteiger partial charge in [0.15, 0.2) is 0 Å². The molecule has 0 aromatic heterocycles. The average molecular weight is 282 g/mol. The Morgan fingerprint density at radius 1 is 1.14 bits per heavy atom. The van der Waals surface area contributed by atoms with Crippen LogP contribution in [0, 0.1) is 6.92 Å². The molecule has 0 fully saturated rings. The summed E-state index contributed by atoms with van der Waals surface area (Å²) in [5.74, 6) is -0.521. The first-order valence-electron chi connectivity index (χ1n) is 6.60. The topological polar surface area (TPSA) is 52.6 Å². The summed E-state index contributed by atoms with van der Waals surface area (Å²) < 4.78 is 9.96. The van der Waals surface area contributed by atoms with Gasteiger partial charge in [0, 0.05) is 5.56 Å². The first-order chi connectivity index (χ1) is 10.1. The zero-order valence-electron chi connectivity index (χ0n) is 11.8. The number of fused-ring (bicyclic) bond motifs is 1. The maximum Gasteiger partial charge on any atom is 0.337 e. The Bertz CT molecular complexity index is 716. The fraction of sp³-hybridized carbons (Fsp3) is 0.176. The summed E-state index contributed by atoms with van der Waals surface area (Å²) in [5.41, 5.74) is 3.20. The summed E-state index contributed by atoms with van der Waals surface area (Å²) in [5, 5.41) is 0. The third-order valence-corrected chi connectivity index (χ3v) is 3.59. The predicted octanol–water partition coefficient (Wildman–Crippen LogP) is 2.83. The first kappa shape index (κ1) is 13.4. The van der Waals surface area contributed by atoms with E-state index in [-0.39, 0.29) is 5.97 Å². The number of carbonyl (C=O) groups excluding carboxylic acids is 2. The number of aryl methyl sites for hydroxylation is 1. The monoisotopic (exact) mass is 282 g/mol. The maximum atomic E-state index is 12.1. The summed E-state index contributed by atoms with van der Waals surface area (Å²) in [4.78, 5) is 23.5. The van der Waals surface area contributed by atoms with Crippen molar-refractivity contribution in [3.05, 3.63) is 64.7 Å². The molecule has 2 aromatic carbocycles. The number of ether oxygens (including phenoxy) is 2. The Labute approximate surface area is 122 Å². The molecular weight excluding hydrogens is 268 g/mol. The number of hydrogen-bond acceptors (Lipinski definition) is 4. The van der Waals surface area contributed by atoms with E-state index in [0.717, 1.165) is 16.7 Å². The largest absolute Gasteiger partial charge is 0.465 e. The van der Waals surface area contributed by atoms with Gasteiger partial charge >= 0.3 is 11.9 Å². The molecule has 4 heteroatoms. The van der Waals surface area contributed by atoms with E-state index in [9.17, 15) is 9.59 Å². The van der Waals surface area contributed by atoms with Crippen LogP contribution in [0.3, 0.4) is 0 Å². The minimum Gasteiger partial charge on any atom is -0.465 e. The normalized spacial score (nSPS) is 16.3. The van der Waals surface area contributed by atoms with E-state index < -0.39 is 11.9 Å². The fourth-order valence-electron chi connectivity index (χ4n) is 2.53. The lowest BCUT2D eigenvalue weighted by atomic mass is 9.91. The van der Waals surface area contributed by atoms with Crippen LogP contribution in [-0.4, -0.2) is 19.0 Å². The summed E-state index contributed by atoms with van der Waals surface area (Å²) >= 11 is 0. The standard InChI is InChI=1S/C17H14O4/c1-10-3-8-14-13(9-10)15(17(19)21-14)11-4-6-12(7-5-11)16(18)20-2/h3-9,15H,1-2H3. The molecule has 2 aromatic rings. The van der Waals surface area contributed by atoms with Gasteiger partial charge in [-0.15, -0.1) is 0 Å². The second-order valence-electron chi connectivity index (χ2n) is 5.01. The quantitative estimate of drug-likeness (QED) is 0.628. The smallest absolute Gasteiger partial charge is 0.337 e. The summed E-state index contributed by atoms with van der Waals surface area (Å²) in [6, 6.07) is 12.5. The molecule has 21 heavy (non-hydrogen) atoms. The van der Waals surface area contributed by atoms with Gasteiger partial charge in [0.2, 0.25) is 0 Å². The molecule has 0 radical (unpaired) electrons. The van der Waals surface area contributed by atoms with Crippen molar-refractivity contribution in [2.24, 2.45) is 0 Å². The predicted molar refractivity (Wildman–Crippen MR) is 76.4 cm³/mol. The molecule has 1 unspecified atom stereocenters. The van der Waals surface area contributed by atoms with Crippen molar-refractivity contribution < 1.29 is 19.1 Å². The van der Waals surface area contributed by atoms with E-state index in [1.54, 1.807) is 24.3 Å². The lowest BCUT2D eigenvalue weighted by Crippen LogP contribution is -2.12. The molecule has 0 saturated carbocycles. The van der Waals surface area contributed by atoms with Crippen LogP contribution in [0.4, 0.5) is 0 Å². The van der Waals surface area contributed by atoms with Crippen LogP contribution in [0.5, 0.6) is 5.75 Å². The molecule has 1 heterocycles. The number of hydrogen-bond donors (Lipinski definition) is 0. The highest BCUT2D eigenvalue weighted by Gasteiger charge is 2.34. The SMILES string of the molecule is COC(=O)c1ccc(C2C(=O)Oc3ccc(C)cc32)cc1. The Morgan fingerprint density at radius 2 is 1.86 bits per heavy atom. The molecule has 1 atom stereocenters. The number of rotatable bonds is 2. The van der Waals surface area contributed by atoms with Crippen LogP contribution in [0.15, 0.2) is 42.5 Å². The van der Waals surface area contributed by atoms with Crippen molar-refractivity contribution in [1.29, 1.82) is 0 Å². The molecule has 0 N–H and O–H groups in total. The number of carbonyl (C=O) groups is 2. The Hall–Kier alpha value is -2.62. The minimum atomic E-state index is -0.438. The third-order valence-electron chi connectivity index (χ3n) is 3.59. The van der Waals surface area contributed by atoms with Crippen LogP contribution < -0.4 is 4.74 Å². The number of esters is 2. The molecule has 106 valence electrons. The van der Waals surface area contributed by atoms with Gasteiger partial charge < -0.3 is 9.47 Å². The van der Waals surface area contributed by atoms with Gasteiger partial charge in [-0.25, -0.2) is 4.79 Å². The molecule has 0 aliphatic carbocycles. The number of methoxy groups -OCH3 is 1. The summed E-state index contributed by atoms with van der Waals surface area (Å²) in [6.45, 7) is 1.97. The van der Waals surface area contributed by atoms with Crippen LogP contribution in [0.1, 0.15) is 33.0 Å². The van der Waals surface area contributed by atoms with Gasteiger partial charge in [-0.05, 0) is 30.7 Å². The van der Waals surface area contributed by atoms with E-state index in [1.807, 2.05) is 25.1 Å². The second-order valence-corrected chi connectivity index (χ2v) is 5.01. The molecule has 1 aliphatic heterocycles. The zero-order chi connectivity index (χ0) is 15.0. The van der Waals surface area contributed by atoms with E-state index in [2.05, 4.69) is 4.74 Å². The van der Waals surface area contributed by atoms with E-state index in [1.165, 1.54) is 7.11 Å². The van der Waals surface area contributed by atoms with E-state index >= 15 is 0 Å². The van der Waals surface area contributed by atoms with Crippen LogP contribution in [0.2, 0.25) is 0 Å². The Morgan fingerprint density at radius 3 is 2.52 bits per heavy atom. The summed E-state index contributed by atoms with van der Waals surface area (Å²) in [7, 11) is 1.34. The first-order valence-corrected chi connectivity index (χ1v) is 6.60. The maximum absolute atomic E-state index is 12.1. The van der Waals surface area contributed by atoms with Crippen molar-refractivity contribution in [1.82, 2.24) is 0 Å². The molecule has 4 nitrogen and oxygen atoms in total. The van der Waals surface area contributed by atoms with Gasteiger partial charge in [-0.3, -0.25) is 4.79 Å². The molecular formula is C17H14O4. The van der Waals surface area contributed by atoms with Crippen molar-refractivity contribution in [3.8, 4) is 5.75 Å². The molecule has 0 bridgehead atoms. The molecule has 1 aliphatic rings. The lowest BCUT2D eigenvalue weighted by molar-refractivity contribution is -0.133. The number of benzene rings is 2. The van der Waals surface area contributed by atoms with Crippen LogP contribution in [0.25, 0.3) is 0 Å². The van der Waals surface area contributed by atoms with E-state index in [4.69, 9.17) is 4.74 Å². The minimum absolute atomic E-state index is 0.290. The summed E-state index contributed by atoms with van der Waals surface area (Å²) in [6.07, 6.45) is 0. The van der Waals surface area contributed by atoms with E-state index in [0.29, 0.717) is 11.3 Å². The van der Waals surface area contributed by atoms with Gasteiger partial charge in [-0.1, -0.05) is 29.8 Å². The Balaban J connectivity index is 1.99. The highest BCUT2D eigenvalue weighted by atomic mass is 16.5. The average Bonchev–Trinajstić information content (AvgIpc) is 2.82. The zero-order valence-corrected chi connectivity index (χ0v) is 11.8. The molecule has 0 saturated heterocycles. The van der Waals surface area contributed by atoms with Crippen molar-refractivity contribution in [3.63, 3.8) is 0 Å². The van der Waals surface area contributed by atoms with Crippen molar-refractivity contribution in [2.45, 2.75) is 12.8 Å². The third kappa shape index (κ3) is 2.29. The van der Waals surface area contributed by atoms with Gasteiger partial charge in [-0.2, -0.15) is 0 Å². The van der Waals surface area contributed by atoms with Gasteiger partial charge in [0.1, 0.15) is 11.7 Å². The second kappa shape index (κ2) is 5.05. The Kier molecular flexibility index (Phi) is 3.22. The molecule has 0 spiro atoms. The van der Waals surface area contributed by atoms with Gasteiger partial charge in [0.05, 0.1) is 12.7 Å². The molecule has 3 rings (SSSR count). The van der Waals surface area contributed by atoms with Crippen molar-refractivity contribution >= 4 is 11.9 Å². The fourth-order valence-corrected chi connectivity index (χ4v) is 2.53. The lowest BCUT2D eigenvalue weighted by Gasteiger charge is -2.09. The van der Waals surface area contributed by atoms with Crippen molar-refractivity contribution in [2.75, 3.05) is 7.11 Å². The molecule has 0 amide bonds. The highest BCUT2D eigenvalue weighted by Crippen LogP contribution is 2.39.